The standard InChI is InChI=1S/C16H26N2/c1-14(2)12-17-7-9-18(10-8-17)13-16-6-4-5-15(3)11-16/h4-6,11,14H,7-10,12-13H2,1-3H3. The Morgan fingerprint density at radius 3 is 2.33 bits per heavy atom. The van der Waals surface area contributed by atoms with Gasteiger partial charge in [-0.3, -0.25) is 4.90 Å². The van der Waals surface area contributed by atoms with Crippen molar-refractivity contribution in [3.05, 3.63) is 35.4 Å². The minimum absolute atomic E-state index is 0.785. The Bertz CT molecular complexity index is 365. The number of rotatable bonds is 4. The number of nitrogens with zero attached hydrogens (tertiary/aromatic N) is 2. The van der Waals surface area contributed by atoms with E-state index in [2.05, 4.69) is 54.8 Å². The molecule has 2 heteroatoms. The average Bonchev–Trinajstić information content (AvgIpc) is 2.31. The van der Waals surface area contributed by atoms with E-state index in [-0.39, 0.29) is 0 Å². The molecule has 18 heavy (non-hydrogen) atoms. The minimum Gasteiger partial charge on any atom is -0.301 e. The number of piperazine rings is 1. The molecule has 1 saturated heterocycles. The van der Waals surface area contributed by atoms with Gasteiger partial charge < -0.3 is 4.90 Å². The van der Waals surface area contributed by atoms with Crippen LogP contribution in [0.5, 0.6) is 0 Å². The Hall–Kier alpha value is -0.860. The van der Waals surface area contributed by atoms with Crippen LogP contribution in [0.2, 0.25) is 0 Å². The molecule has 1 heterocycles. The Kier molecular flexibility index (Phi) is 4.79. The summed E-state index contributed by atoms with van der Waals surface area (Å²) in [6.45, 7) is 14.0. The second kappa shape index (κ2) is 6.35. The fourth-order valence-corrected chi connectivity index (χ4v) is 2.72. The highest BCUT2D eigenvalue weighted by Crippen LogP contribution is 2.11. The number of benzene rings is 1. The van der Waals surface area contributed by atoms with Crippen LogP contribution in [-0.2, 0) is 6.54 Å². The van der Waals surface area contributed by atoms with Gasteiger partial charge in [0.15, 0.2) is 0 Å². The molecular weight excluding hydrogens is 220 g/mol. The zero-order chi connectivity index (χ0) is 13.0. The molecule has 0 aromatic heterocycles. The first-order valence-corrected chi connectivity index (χ1v) is 7.14. The van der Waals surface area contributed by atoms with Gasteiger partial charge in [-0.25, -0.2) is 0 Å². The normalized spacial score (nSPS) is 18.4. The highest BCUT2D eigenvalue weighted by molar-refractivity contribution is 5.22. The molecular formula is C16H26N2. The lowest BCUT2D eigenvalue weighted by molar-refractivity contribution is 0.117. The molecule has 1 aromatic rings. The largest absolute Gasteiger partial charge is 0.301 e. The van der Waals surface area contributed by atoms with Crippen LogP contribution < -0.4 is 0 Å². The molecule has 0 bridgehead atoms. The van der Waals surface area contributed by atoms with Gasteiger partial charge in [0.2, 0.25) is 0 Å². The van der Waals surface area contributed by atoms with Crippen molar-refractivity contribution in [2.75, 3.05) is 32.7 Å². The van der Waals surface area contributed by atoms with Crippen LogP contribution in [0.3, 0.4) is 0 Å². The van der Waals surface area contributed by atoms with Crippen molar-refractivity contribution < 1.29 is 0 Å². The zero-order valence-electron chi connectivity index (χ0n) is 12.0. The topological polar surface area (TPSA) is 6.48 Å². The maximum atomic E-state index is 2.59. The molecule has 0 atom stereocenters. The van der Waals surface area contributed by atoms with E-state index in [1.807, 2.05) is 0 Å². The SMILES string of the molecule is Cc1cccc(CN2CCN(CC(C)C)CC2)c1. The maximum Gasteiger partial charge on any atom is 0.0234 e. The second-order valence-electron chi connectivity index (χ2n) is 5.96. The van der Waals surface area contributed by atoms with Crippen LogP contribution >= 0.6 is 0 Å². The average molecular weight is 246 g/mol. The molecule has 2 rings (SSSR count). The Morgan fingerprint density at radius 1 is 1.06 bits per heavy atom. The third-order valence-electron chi connectivity index (χ3n) is 3.58. The smallest absolute Gasteiger partial charge is 0.0234 e. The summed E-state index contributed by atoms with van der Waals surface area (Å²) in [6.07, 6.45) is 0. The van der Waals surface area contributed by atoms with Gasteiger partial charge in [-0.1, -0.05) is 43.7 Å². The third-order valence-corrected chi connectivity index (χ3v) is 3.58. The summed E-state index contributed by atoms with van der Waals surface area (Å²) in [7, 11) is 0. The first-order valence-electron chi connectivity index (χ1n) is 7.14. The van der Waals surface area contributed by atoms with E-state index in [0.29, 0.717) is 0 Å². The molecule has 0 N–H and O–H groups in total. The number of hydrogen-bond acceptors (Lipinski definition) is 2. The van der Waals surface area contributed by atoms with Crippen LogP contribution in [0.1, 0.15) is 25.0 Å². The van der Waals surface area contributed by atoms with Crippen molar-refractivity contribution in [1.29, 1.82) is 0 Å². The lowest BCUT2D eigenvalue weighted by Crippen LogP contribution is -2.46. The van der Waals surface area contributed by atoms with Crippen LogP contribution in [0.25, 0.3) is 0 Å². The Morgan fingerprint density at radius 2 is 1.72 bits per heavy atom. The molecule has 0 aliphatic carbocycles. The van der Waals surface area contributed by atoms with E-state index >= 15 is 0 Å². The molecule has 1 fully saturated rings. The van der Waals surface area contributed by atoms with Crippen molar-refractivity contribution in [2.45, 2.75) is 27.3 Å². The highest BCUT2D eigenvalue weighted by Gasteiger charge is 2.17. The lowest BCUT2D eigenvalue weighted by atomic mass is 10.1. The second-order valence-corrected chi connectivity index (χ2v) is 5.96. The van der Waals surface area contributed by atoms with Gasteiger partial charge in [-0.05, 0) is 18.4 Å². The predicted octanol–water partition coefficient (Wildman–Crippen LogP) is 2.77. The predicted molar refractivity (Wildman–Crippen MR) is 77.7 cm³/mol. The van der Waals surface area contributed by atoms with Gasteiger partial charge in [0.05, 0.1) is 0 Å². The van der Waals surface area contributed by atoms with E-state index in [9.17, 15) is 0 Å². The first kappa shape index (κ1) is 13.6. The Labute approximate surface area is 112 Å². The summed E-state index contributed by atoms with van der Waals surface area (Å²) < 4.78 is 0. The van der Waals surface area contributed by atoms with Crippen molar-refractivity contribution in [2.24, 2.45) is 5.92 Å². The summed E-state index contributed by atoms with van der Waals surface area (Å²) in [4.78, 5) is 5.17. The van der Waals surface area contributed by atoms with E-state index in [1.165, 1.54) is 43.9 Å². The van der Waals surface area contributed by atoms with Crippen molar-refractivity contribution in [3.63, 3.8) is 0 Å². The van der Waals surface area contributed by atoms with E-state index in [1.54, 1.807) is 0 Å². The van der Waals surface area contributed by atoms with Crippen LogP contribution in [0, 0.1) is 12.8 Å². The summed E-state index contributed by atoms with van der Waals surface area (Å²) >= 11 is 0. The van der Waals surface area contributed by atoms with Crippen molar-refractivity contribution >= 4 is 0 Å². The maximum absolute atomic E-state index is 2.59. The van der Waals surface area contributed by atoms with Crippen LogP contribution in [-0.4, -0.2) is 42.5 Å². The van der Waals surface area contributed by atoms with E-state index in [4.69, 9.17) is 0 Å². The van der Waals surface area contributed by atoms with Crippen molar-refractivity contribution in [1.82, 2.24) is 9.80 Å². The van der Waals surface area contributed by atoms with E-state index < -0.39 is 0 Å². The Balaban J connectivity index is 1.80. The number of aryl methyl sites for hydroxylation is 1. The quantitative estimate of drug-likeness (QED) is 0.806. The highest BCUT2D eigenvalue weighted by atomic mass is 15.3. The van der Waals surface area contributed by atoms with Gasteiger partial charge in [0.1, 0.15) is 0 Å². The molecule has 1 aromatic carbocycles. The van der Waals surface area contributed by atoms with Crippen molar-refractivity contribution in [3.8, 4) is 0 Å². The summed E-state index contributed by atoms with van der Waals surface area (Å²) in [5, 5.41) is 0. The fourth-order valence-electron chi connectivity index (χ4n) is 2.72. The van der Waals surface area contributed by atoms with Gasteiger partial charge in [0.25, 0.3) is 0 Å². The summed E-state index contributed by atoms with van der Waals surface area (Å²) in [6, 6.07) is 8.89. The molecule has 0 radical (unpaired) electrons. The molecule has 0 unspecified atom stereocenters. The van der Waals surface area contributed by atoms with Gasteiger partial charge in [0, 0.05) is 39.3 Å². The molecule has 1 aliphatic rings. The zero-order valence-corrected chi connectivity index (χ0v) is 12.0. The monoisotopic (exact) mass is 246 g/mol. The minimum atomic E-state index is 0.785. The van der Waals surface area contributed by atoms with Gasteiger partial charge in [-0.2, -0.15) is 0 Å². The van der Waals surface area contributed by atoms with Crippen LogP contribution in [0.4, 0.5) is 0 Å². The third kappa shape index (κ3) is 4.11. The molecule has 0 amide bonds. The van der Waals surface area contributed by atoms with Gasteiger partial charge >= 0.3 is 0 Å². The summed E-state index contributed by atoms with van der Waals surface area (Å²) in [5.74, 6) is 0.785. The lowest BCUT2D eigenvalue weighted by Gasteiger charge is -2.35. The molecule has 0 spiro atoms. The molecule has 1 aliphatic heterocycles. The molecule has 2 nitrogen and oxygen atoms in total. The summed E-state index contributed by atoms with van der Waals surface area (Å²) in [5.41, 5.74) is 2.82. The first-order chi connectivity index (χ1) is 8.63. The number of hydrogen-bond donors (Lipinski definition) is 0. The fraction of sp³-hybridized carbons (Fsp3) is 0.625. The van der Waals surface area contributed by atoms with E-state index in [0.717, 1.165) is 12.5 Å². The van der Waals surface area contributed by atoms with Crippen LogP contribution in [0.15, 0.2) is 24.3 Å². The molecule has 100 valence electrons. The van der Waals surface area contributed by atoms with Gasteiger partial charge in [-0.15, -0.1) is 0 Å². The molecule has 0 saturated carbocycles.